The third-order valence-corrected chi connectivity index (χ3v) is 2.41. The first-order valence-electron chi connectivity index (χ1n) is 4.63. The number of benzene rings is 1. The van der Waals surface area contributed by atoms with Crippen molar-refractivity contribution in [1.29, 1.82) is 0 Å². The Hall–Kier alpha value is -1.48. The van der Waals surface area contributed by atoms with Crippen molar-refractivity contribution in [3.63, 3.8) is 0 Å². The Morgan fingerprint density at radius 1 is 1.43 bits per heavy atom. The molecule has 74 valence electrons. The van der Waals surface area contributed by atoms with E-state index in [1.165, 1.54) is 5.39 Å². The molecule has 0 aliphatic rings. The highest BCUT2D eigenvalue weighted by Gasteiger charge is 2.07. The van der Waals surface area contributed by atoms with Crippen LogP contribution in [0.4, 0.5) is 0 Å². The van der Waals surface area contributed by atoms with Crippen molar-refractivity contribution in [2.24, 2.45) is 5.73 Å². The monoisotopic (exact) mass is 190 g/mol. The van der Waals surface area contributed by atoms with Crippen LogP contribution in [0.3, 0.4) is 0 Å². The zero-order chi connectivity index (χ0) is 10.1. The lowest BCUT2D eigenvalue weighted by molar-refractivity contribution is 0.415. The second kappa shape index (κ2) is 3.35. The van der Waals surface area contributed by atoms with E-state index in [0.29, 0.717) is 0 Å². The molecule has 0 saturated carbocycles. The lowest BCUT2D eigenvalue weighted by Gasteiger charge is -2.03. The molecule has 2 aromatic rings. The summed E-state index contributed by atoms with van der Waals surface area (Å²) in [6, 6.07) is 6.00. The van der Waals surface area contributed by atoms with Gasteiger partial charge in [-0.25, -0.2) is 0 Å². The Kier molecular flexibility index (Phi) is 2.17. The maximum absolute atomic E-state index is 5.84. The summed E-state index contributed by atoms with van der Waals surface area (Å²) in [7, 11) is 1.66. The van der Waals surface area contributed by atoms with Crippen molar-refractivity contribution >= 4 is 10.9 Å². The van der Waals surface area contributed by atoms with Crippen molar-refractivity contribution in [3.8, 4) is 5.75 Å². The largest absolute Gasteiger partial charge is 0.497 e. The fourth-order valence-electron chi connectivity index (χ4n) is 1.63. The Balaban J connectivity index is 2.59. The van der Waals surface area contributed by atoms with E-state index in [4.69, 9.17) is 10.5 Å². The molecule has 1 atom stereocenters. The van der Waals surface area contributed by atoms with Gasteiger partial charge in [-0.1, -0.05) is 0 Å². The topological polar surface area (TPSA) is 51.0 Å². The zero-order valence-corrected chi connectivity index (χ0v) is 8.37. The number of ether oxygens (including phenoxy) is 1. The molecule has 0 unspecified atom stereocenters. The van der Waals surface area contributed by atoms with Gasteiger partial charge in [-0.3, -0.25) is 0 Å². The van der Waals surface area contributed by atoms with E-state index in [-0.39, 0.29) is 6.04 Å². The number of aromatic amines is 1. The fraction of sp³-hybridized carbons (Fsp3) is 0.273. The number of H-pyrrole nitrogens is 1. The minimum absolute atomic E-state index is 0.0529. The molecule has 0 spiro atoms. The van der Waals surface area contributed by atoms with Gasteiger partial charge in [0.15, 0.2) is 0 Å². The van der Waals surface area contributed by atoms with Crippen LogP contribution in [-0.2, 0) is 0 Å². The number of aromatic nitrogens is 1. The van der Waals surface area contributed by atoms with Crippen molar-refractivity contribution < 1.29 is 4.74 Å². The summed E-state index contributed by atoms with van der Waals surface area (Å²) in [5.74, 6) is 0.857. The summed E-state index contributed by atoms with van der Waals surface area (Å²) in [6.45, 7) is 1.98. The van der Waals surface area contributed by atoms with Gasteiger partial charge in [0.05, 0.1) is 7.11 Å². The Bertz CT molecular complexity index is 445. The van der Waals surface area contributed by atoms with Crippen molar-refractivity contribution in [2.45, 2.75) is 13.0 Å². The molecule has 0 aliphatic heterocycles. The Morgan fingerprint density at radius 3 is 2.86 bits per heavy atom. The second-order valence-electron chi connectivity index (χ2n) is 3.44. The molecular weight excluding hydrogens is 176 g/mol. The number of hydrogen-bond acceptors (Lipinski definition) is 2. The van der Waals surface area contributed by atoms with Gasteiger partial charge < -0.3 is 15.5 Å². The SMILES string of the molecule is COc1ccc2c([C@@H](C)N)c[nH]c2c1. The van der Waals surface area contributed by atoms with Crippen LogP contribution in [0.5, 0.6) is 5.75 Å². The van der Waals surface area contributed by atoms with Crippen LogP contribution in [-0.4, -0.2) is 12.1 Å². The molecule has 0 aliphatic carbocycles. The summed E-state index contributed by atoms with van der Waals surface area (Å²) in [6.07, 6.45) is 1.95. The summed E-state index contributed by atoms with van der Waals surface area (Å²) < 4.78 is 5.14. The third kappa shape index (κ3) is 1.36. The predicted octanol–water partition coefficient (Wildman–Crippen LogP) is 2.20. The van der Waals surface area contributed by atoms with Gasteiger partial charge in [-0.05, 0) is 24.6 Å². The highest BCUT2D eigenvalue weighted by Crippen LogP contribution is 2.25. The van der Waals surface area contributed by atoms with Crippen molar-refractivity contribution in [1.82, 2.24) is 4.98 Å². The fourth-order valence-corrected chi connectivity index (χ4v) is 1.63. The average Bonchev–Trinajstić information content (AvgIpc) is 2.59. The number of rotatable bonds is 2. The number of nitrogens with one attached hydrogen (secondary N) is 1. The van der Waals surface area contributed by atoms with Crippen LogP contribution in [0.15, 0.2) is 24.4 Å². The molecule has 1 aromatic heterocycles. The Morgan fingerprint density at radius 2 is 2.21 bits per heavy atom. The molecule has 14 heavy (non-hydrogen) atoms. The van der Waals surface area contributed by atoms with Gasteiger partial charge >= 0.3 is 0 Å². The Labute approximate surface area is 82.9 Å². The van der Waals surface area contributed by atoms with E-state index >= 15 is 0 Å². The maximum atomic E-state index is 5.84. The van der Waals surface area contributed by atoms with Crippen LogP contribution >= 0.6 is 0 Å². The molecule has 0 fully saturated rings. The van der Waals surface area contributed by atoms with E-state index in [9.17, 15) is 0 Å². The van der Waals surface area contributed by atoms with E-state index < -0.39 is 0 Å². The number of nitrogens with two attached hydrogens (primary N) is 1. The first-order chi connectivity index (χ1) is 6.72. The van der Waals surface area contributed by atoms with Crippen LogP contribution in [0.25, 0.3) is 10.9 Å². The van der Waals surface area contributed by atoms with E-state index in [2.05, 4.69) is 4.98 Å². The van der Waals surface area contributed by atoms with Gasteiger partial charge in [0.2, 0.25) is 0 Å². The quantitative estimate of drug-likeness (QED) is 0.762. The summed E-state index contributed by atoms with van der Waals surface area (Å²) in [5.41, 5.74) is 8.05. The van der Waals surface area contributed by atoms with Gasteiger partial charge in [0, 0.05) is 29.2 Å². The minimum atomic E-state index is 0.0529. The molecule has 1 heterocycles. The van der Waals surface area contributed by atoms with Gasteiger partial charge in [0.25, 0.3) is 0 Å². The second-order valence-corrected chi connectivity index (χ2v) is 3.44. The standard InChI is InChI=1S/C11H14N2O/c1-7(12)10-6-13-11-5-8(14-2)3-4-9(10)11/h3-7,13H,12H2,1-2H3/t7-/m1/s1. The lowest BCUT2D eigenvalue weighted by Crippen LogP contribution is -2.03. The number of fused-ring (bicyclic) bond motifs is 1. The van der Waals surface area contributed by atoms with E-state index in [1.807, 2.05) is 31.3 Å². The molecule has 3 N–H and O–H groups in total. The molecule has 3 heteroatoms. The van der Waals surface area contributed by atoms with Crippen LogP contribution in [0, 0.1) is 0 Å². The average molecular weight is 190 g/mol. The van der Waals surface area contributed by atoms with E-state index in [0.717, 1.165) is 16.8 Å². The first kappa shape index (κ1) is 9.09. The molecule has 0 radical (unpaired) electrons. The molecule has 1 aromatic carbocycles. The summed E-state index contributed by atoms with van der Waals surface area (Å²) in [5, 5.41) is 1.17. The molecular formula is C11H14N2O. The minimum Gasteiger partial charge on any atom is -0.497 e. The normalized spacial score (nSPS) is 13.1. The van der Waals surface area contributed by atoms with Crippen LogP contribution in [0.2, 0.25) is 0 Å². The maximum Gasteiger partial charge on any atom is 0.120 e. The third-order valence-electron chi connectivity index (χ3n) is 2.41. The van der Waals surface area contributed by atoms with Crippen LogP contribution < -0.4 is 10.5 Å². The zero-order valence-electron chi connectivity index (χ0n) is 8.37. The highest BCUT2D eigenvalue weighted by molar-refractivity contribution is 5.84. The number of methoxy groups -OCH3 is 1. The van der Waals surface area contributed by atoms with Gasteiger partial charge in [-0.15, -0.1) is 0 Å². The lowest BCUT2D eigenvalue weighted by atomic mass is 10.1. The first-order valence-corrected chi connectivity index (χ1v) is 4.63. The number of hydrogen-bond donors (Lipinski definition) is 2. The molecule has 0 amide bonds. The van der Waals surface area contributed by atoms with E-state index in [1.54, 1.807) is 7.11 Å². The van der Waals surface area contributed by atoms with Crippen LogP contribution in [0.1, 0.15) is 18.5 Å². The molecule has 2 rings (SSSR count). The highest BCUT2D eigenvalue weighted by atomic mass is 16.5. The molecule has 3 nitrogen and oxygen atoms in total. The van der Waals surface area contributed by atoms with Crippen molar-refractivity contribution in [3.05, 3.63) is 30.0 Å². The van der Waals surface area contributed by atoms with Crippen molar-refractivity contribution in [2.75, 3.05) is 7.11 Å². The molecule has 0 saturated heterocycles. The smallest absolute Gasteiger partial charge is 0.120 e. The summed E-state index contributed by atoms with van der Waals surface area (Å²) >= 11 is 0. The summed E-state index contributed by atoms with van der Waals surface area (Å²) in [4.78, 5) is 3.18. The van der Waals surface area contributed by atoms with Gasteiger partial charge in [-0.2, -0.15) is 0 Å². The predicted molar refractivity (Wildman–Crippen MR) is 57.5 cm³/mol. The molecule has 0 bridgehead atoms. The van der Waals surface area contributed by atoms with Gasteiger partial charge in [0.1, 0.15) is 5.75 Å².